The van der Waals surface area contributed by atoms with Crippen LogP contribution in [0.4, 0.5) is 21.7 Å². The molecule has 0 atom stereocenters. The number of nitrogens with zero attached hydrogens (tertiary/aromatic N) is 5. The van der Waals surface area contributed by atoms with Gasteiger partial charge in [0.1, 0.15) is 11.6 Å². The van der Waals surface area contributed by atoms with E-state index in [1.165, 1.54) is 12.1 Å². The van der Waals surface area contributed by atoms with Crippen LogP contribution in [0, 0.1) is 5.82 Å². The maximum absolute atomic E-state index is 13.8. The number of carbonyl (C=O) groups excluding carboxylic acids is 1. The Kier molecular flexibility index (Phi) is 5.86. The number of hydrogen-bond donors (Lipinski definition) is 0. The van der Waals surface area contributed by atoms with Crippen molar-refractivity contribution >= 4 is 23.2 Å². The summed E-state index contributed by atoms with van der Waals surface area (Å²) < 4.78 is 19.5. The fraction of sp³-hybridized carbons (Fsp3) is 0.154. The normalized spacial score (nSPS) is 12.8. The maximum atomic E-state index is 13.8. The van der Waals surface area contributed by atoms with Gasteiger partial charge < -0.3 is 14.5 Å². The molecule has 8 heteroatoms. The number of fused-ring (bicyclic) bond motifs is 1. The molecule has 34 heavy (non-hydrogen) atoms. The van der Waals surface area contributed by atoms with E-state index in [1.807, 2.05) is 54.3 Å². The highest BCUT2D eigenvalue weighted by Crippen LogP contribution is 2.37. The molecule has 0 aliphatic carbocycles. The molecule has 3 heterocycles. The third kappa shape index (κ3) is 4.30. The fourth-order valence-electron chi connectivity index (χ4n) is 3.93. The second-order valence-corrected chi connectivity index (χ2v) is 7.77. The lowest BCUT2D eigenvalue weighted by atomic mass is 10.1. The molecule has 1 amide bonds. The number of benzene rings is 2. The molecule has 1 aliphatic rings. The molecule has 2 aromatic heterocycles. The van der Waals surface area contributed by atoms with E-state index in [0.717, 1.165) is 11.1 Å². The van der Waals surface area contributed by atoms with E-state index >= 15 is 0 Å². The molecule has 0 saturated heterocycles. The number of carbonyl (C=O) groups is 1. The second kappa shape index (κ2) is 9.27. The summed E-state index contributed by atoms with van der Waals surface area (Å²) in [6, 6.07) is 17.6. The predicted molar refractivity (Wildman–Crippen MR) is 127 cm³/mol. The molecule has 0 fully saturated rings. The first kappa shape index (κ1) is 21.5. The first-order chi connectivity index (χ1) is 16.6. The fourth-order valence-corrected chi connectivity index (χ4v) is 3.93. The van der Waals surface area contributed by atoms with Crippen LogP contribution in [0.1, 0.15) is 12.5 Å². The molecule has 0 radical (unpaired) electrons. The zero-order chi connectivity index (χ0) is 23.5. The zero-order valence-electron chi connectivity index (χ0n) is 18.6. The Labute approximate surface area is 196 Å². The molecule has 0 N–H and O–H groups in total. The number of halogens is 1. The van der Waals surface area contributed by atoms with Gasteiger partial charge in [-0.1, -0.05) is 6.07 Å². The third-order valence-corrected chi connectivity index (χ3v) is 5.61. The first-order valence-electron chi connectivity index (χ1n) is 10.9. The molecule has 4 aromatic rings. The first-order valence-corrected chi connectivity index (χ1v) is 10.9. The van der Waals surface area contributed by atoms with Crippen LogP contribution < -0.4 is 14.5 Å². The van der Waals surface area contributed by atoms with Gasteiger partial charge in [-0.15, -0.1) is 0 Å². The van der Waals surface area contributed by atoms with Gasteiger partial charge in [-0.25, -0.2) is 14.4 Å². The van der Waals surface area contributed by atoms with Gasteiger partial charge in [0.15, 0.2) is 6.61 Å². The van der Waals surface area contributed by atoms with Crippen molar-refractivity contribution in [2.45, 2.75) is 13.5 Å². The lowest BCUT2D eigenvalue weighted by Crippen LogP contribution is -2.38. The number of amides is 1. The van der Waals surface area contributed by atoms with E-state index in [9.17, 15) is 9.18 Å². The van der Waals surface area contributed by atoms with E-state index < -0.39 is 0 Å². The van der Waals surface area contributed by atoms with Gasteiger partial charge >= 0.3 is 0 Å². The Balaban J connectivity index is 1.50. The van der Waals surface area contributed by atoms with Crippen LogP contribution in [0.5, 0.6) is 5.75 Å². The molecule has 1 aliphatic heterocycles. The largest absolute Gasteiger partial charge is 0.482 e. The molecule has 0 bridgehead atoms. The summed E-state index contributed by atoms with van der Waals surface area (Å²) in [5.74, 6) is 0.666. The average Bonchev–Trinajstić information content (AvgIpc) is 2.87. The van der Waals surface area contributed by atoms with Crippen molar-refractivity contribution in [1.29, 1.82) is 0 Å². The number of ether oxygens (including phenoxy) is 1. The van der Waals surface area contributed by atoms with Gasteiger partial charge in [0.25, 0.3) is 5.91 Å². The van der Waals surface area contributed by atoms with Gasteiger partial charge in [0, 0.05) is 36.4 Å². The number of rotatable bonds is 6. The summed E-state index contributed by atoms with van der Waals surface area (Å²) in [5, 5.41) is 0. The van der Waals surface area contributed by atoms with E-state index in [-0.39, 0.29) is 18.3 Å². The topological polar surface area (TPSA) is 71.5 Å². The van der Waals surface area contributed by atoms with Gasteiger partial charge in [0.2, 0.25) is 5.95 Å². The van der Waals surface area contributed by atoms with E-state index in [2.05, 4.69) is 9.97 Å². The number of aromatic nitrogens is 3. The van der Waals surface area contributed by atoms with E-state index in [1.54, 1.807) is 29.6 Å². The lowest BCUT2D eigenvalue weighted by Gasteiger charge is -2.30. The van der Waals surface area contributed by atoms with Crippen LogP contribution in [-0.4, -0.2) is 34.0 Å². The highest BCUT2D eigenvalue weighted by atomic mass is 19.1. The van der Waals surface area contributed by atoms with Gasteiger partial charge in [-0.05, 0) is 67.1 Å². The summed E-state index contributed by atoms with van der Waals surface area (Å²) in [4.78, 5) is 29.4. The summed E-state index contributed by atoms with van der Waals surface area (Å²) in [6.07, 6.45) is 5.09. The van der Waals surface area contributed by atoms with Crippen molar-refractivity contribution in [2.75, 3.05) is 23.0 Å². The standard InChI is InChI=1S/C26H22FN5O2/c1-2-31(21-5-3-4-20(27)15-21)26-29-13-10-22(30-26)19-6-7-24-23(14-19)32(25(33)17-34-24)16-18-8-11-28-12-9-18/h3-15H,2,16-17H2,1H3. The van der Waals surface area contributed by atoms with Gasteiger partial charge in [0.05, 0.1) is 17.9 Å². The van der Waals surface area contributed by atoms with Crippen molar-refractivity contribution in [2.24, 2.45) is 0 Å². The monoisotopic (exact) mass is 455 g/mol. The van der Waals surface area contributed by atoms with E-state index in [0.29, 0.717) is 41.9 Å². The lowest BCUT2D eigenvalue weighted by molar-refractivity contribution is -0.121. The summed E-state index contributed by atoms with van der Waals surface area (Å²) in [6.45, 7) is 2.94. The number of anilines is 3. The highest BCUT2D eigenvalue weighted by molar-refractivity contribution is 5.98. The quantitative estimate of drug-likeness (QED) is 0.417. The van der Waals surface area contributed by atoms with Gasteiger partial charge in [-0.3, -0.25) is 9.78 Å². The van der Waals surface area contributed by atoms with Crippen molar-refractivity contribution < 1.29 is 13.9 Å². The molecule has 0 unspecified atom stereocenters. The summed E-state index contributed by atoms with van der Waals surface area (Å²) in [7, 11) is 0. The van der Waals surface area contributed by atoms with Crippen LogP contribution in [0.2, 0.25) is 0 Å². The average molecular weight is 455 g/mol. The molecule has 5 rings (SSSR count). The summed E-state index contributed by atoms with van der Waals surface area (Å²) in [5.41, 5.74) is 3.83. The SMILES string of the molecule is CCN(c1cccc(F)c1)c1nccc(-c2ccc3c(c2)N(Cc2ccncc2)C(=O)CO3)n1. The van der Waals surface area contributed by atoms with Crippen LogP contribution in [0.25, 0.3) is 11.3 Å². The molecule has 0 saturated carbocycles. The van der Waals surface area contributed by atoms with E-state index in [4.69, 9.17) is 9.72 Å². The minimum atomic E-state index is -0.319. The molecule has 2 aromatic carbocycles. The second-order valence-electron chi connectivity index (χ2n) is 7.77. The smallest absolute Gasteiger partial charge is 0.265 e. The van der Waals surface area contributed by atoms with Gasteiger partial charge in [-0.2, -0.15) is 0 Å². The Morgan fingerprint density at radius 2 is 1.91 bits per heavy atom. The Morgan fingerprint density at radius 1 is 1.06 bits per heavy atom. The zero-order valence-corrected chi connectivity index (χ0v) is 18.6. The molecule has 0 spiro atoms. The van der Waals surface area contributed by atoms with Crippen LogP contribution in [0.3, 0.4) is 0 Å². The van der Waals surface area contributed by atoms with Crippen LogP contribution in [0.15, 0.2) is 79.3 Å². The molecular weight excluding hydrogens is 433 g/mol. The minimum Gasteiger partial charge on any atom is -0.482 e. The number of pyridine rings is 1. The minimum absolute atomic E-state index is 0.00577. The van der Waals surface area contributed by atoms with Crippen LogP contribution >= 0.6 is 0 Å². The Morgan fingerprint density at radius 3 is 2.71 bits per heavy atom. The Hall–Kier alpha value is -4.33. The van der Waals surface area contributed by atoms with Crippen LogP contribution in [-0.2, 0) is 11.3 Å². The molecule has 7 nitrogen and oxygen atoms in total. The summed E-state index contributed by atoms with van der Waals surface area (Å²) >= 11 is 0. The molecule has 170 valence electrons. The van der Waals surface area contributed by atoms with Crippen molar-refractivity contribution in [1.82, 2.24) is 15.0 Å². The number of hydrogen-bond acceptors (Lipinski definition) is 6. The Bertz CT molecular complexity index is 1330. The van der Waals surface area contributed by atoms with Crippen molar-refractivity contribution in [3.63, 3.8) is 0 Å². The van der Waals surface area contributed by atoms with Crippen molar-refractivity contribution in [3.05, 3.63) is 90.6 Å². The van der Waals surface area contributed by atoms with Crippen molar-refractivity contribution in [3.8, 4) is 17.0 Å². The maximum Gasteiger partial charge on any atom is 0.265 e. The molecular formula is C26H22FN5O2. The third-order valence-electron chi connectivity index (χ3n) is 5.61. The highest BCUT2D eigenvalue weighted by Gasteiger charge is 2.26. The predicted octanol–water partition coefficient (Wildman–Crippen LogP) is 4.76.